The molecule has 2 aliphatic rings. The van der Waals surface area contributed by atoms with Crippen molar-refractivity contribution >= 4 is 18.3 Å². The van der Waals surface area contributed by atoms with Crippen LogP contribution in [0.2, 0.25) is 0 Å². The van der Waals surface area contributed by atoms with Crippen molar-refractivity contribution in [1.82, 2.24) is 5.32 Å². The van der Waals surface area contributed by atoms with Crippen molar-refractivity contribution in [3.63, 3.8) is 0 Å². The summed E-state index contributed by atoms with van der Waals surface area (Å²) in [5.41, 5.74) is 5.42. The molecule has 0 saturated heterocycles. The highest BCUT2D eigenvalue weighted by Gasteiger charge is 2.51. The average molecular weight is 263 g/mol. The fraction of sp³-hybridized carbons (Fsp3) is 0.917. The number of hydrogen-bond acceptors (Lipinski definition) is 3. The van der Waals surface area contributed by atoms with Gasteiger partial charge in [0.05, 0.1) is 11.6 Å². The molecule has 2 atom stereocenters. The van der Waals surface area contributed by atoms with Crippen LogP contribution < -0.4 is 11.1 Å². The first-order valence-corrected chi connectivity index (χ1v) is 6.03. The third-order valence-electron chi connectivity index (χ3n) is 4.47. The molecule has 2 rings (SSSR count). The van der Waals surface area contributed by atoms with Crippen LogP contribution in [0, 0.1) is 5.41 Å². The predicted octanol–water partition coefficient (Wildman–Crippen LogP) is 1.22. The smallest absolute Gasteiger partial charge is 0.240 e. The molecule has 17 heavy (non-hydrogen) atoms. The summed E-state index contributed by atoms with van der Waals surface area (Å²) in [6.07, 6.45) is 3.84. The Morgan fingerprint density at radius 2 is 2.00 bits per heavy atom. The Morgan fingerprint density at radius 1 is 1.41 bits per heavy atom. The van der Waals surface area contributed by atoms with Crippen LogP contribution in [0.3, 0.4) is 0 Å². The lowest BCUT2D eigenvalue weighted by Crippen LogP contribution is -2.67. The lowest BCUT2D eigenvalue weighted by atomic mass is 9.64. The summed E-state index contributed by atoms with van der Waals surface area (Å²) in [6.45, 7) is 4.25. The molecule has 3 N–H and O–H groups in total. The fourth-order valence-electron chi connectivity index (χ4n) is 2.62. The summed E-state index contributed by atoms with van der Waals surface area (Å²) in [7, 11) is 1.72. The first kappa shape index (κ1) is 14.7. The van der Waals surface area contributed by atoms with Gasteiger partial charge < -0.3 is 15.8 Å². The Kier molecular flexibility index (Phi) is 4.12. The second-order valence-electron chi connectivity index (χ2n) is 5.82. The van der Waals surface area contributed by atoms with Crippen LogP contribution in [0.4, 0.5) is 0 Å². The lowest BCUT2D eigenvalue weighted by Gasteiger charge is -2.52. The summed E-state index contributed by atoms with van der Waals surface area (Å²) in [6, 6.07) is 0.200. The second kappa shape index (κ2) is 4.75. The Morgan fingerprint density at radius 3 is 2.35 bits per heavy atom. The summed E-state index contributed by atoms with van der Waals surface area (Å²) < 4.78 is 5.36. The zero-order valence-corrected chi connectivity index (χ0v) is 11.6. The zero-order valence-electron chi connectivity index (χ0n) is 10.8. The van der Waals surface area contributed by atoms with E-state index >= 15 is 0 Å². The molecule has 0 aromatic carbocycles. The molecule has 0 spiro atoms. The minimum absolute atomic E-state index is 0. The van der Waals surface area contributed by atoms with Gasteiger partial charge in [-0.25, -0.2) is 0 Å². The second-order valence-corrected chi connectivity index (χ2v) is 5.82. The number of halogens is 1. The maximum atomic E-state index is 12.0. The SMILES string of the molecule is COC1CC(NC(=O)C2(N)CCC2)C1(C)C.Cl. The molecule has 0 heterocycles. The molecule has 0 bridgehead atoms. The number of rotatable bonds is 3. The van der Waals surface area contributed by atoms with Crippen LogP contribution in [-0.2, 0) is 9.53 Å². The quantitative estimate of drug-likeness (QED) is 0.804. The van der Waals surface area contributed by atoms with Crippen molar-refractivity contribution in [2.24, 2.45) is 11.1 Å². The Bertz CT molecular complexity index is 303. The monoisotopic (exact) mass is 262 g/mol. The molecule has 1 amide bonds. The number of carbonyl (C=O) groups excluding carboxylic acids is 1. The molecular formula is C12H23ClN2O2. The first-order valence-electron chi connectivity index (χ1n) is 6.03. The standard InChI is InChI=1S/C12H22N2O2.ClH/c1-11(2)8(7-9(11)16-3)14-10(15)12(13)5-4-6-12;/h8-9H,4-7,13H2,1-3H3,(H,14,15);1H. The first-order chi connectivity index (χ1) is 7.40. The van der Waals surface area contributed by atoms with Gasteiger partial charge in [0.15, 0.2) is 0 Å². The van der Waals surface area contributed by atoms with E-state index in [0.29, 0.717) is 0 Å². The van der Waals surface area contributed by atoms with Gasteiger partial charge in [-0.2, -0.15) is 0 Å². The molecule has 2 fully saturated rings. The number of nitrogens with one attached hydrogen (secondary N) is 1. The molecule has 0 aliphatic heterocycles. The average Bonchev–Trinajstić information content (AvgIpc) is 2.19. The predicted molar refractivity (Wildman–Crippen MR) is 69.1 cm³/mol. The number of amides is 1. The van der Waals surface area contributed by atoms with E-state index in [4.69, 9.17) is 10.5 Å². The summed E-state index contributed by atoms with van der Waals surface area (Å²) >= 11 is 0. The third-order valence-corrected chi connectivity index (χ3v) is 4.47. The molecule has 4 nitrogen and oxygen atoms in total. The largest absolute Gasteiger partial charge is 0.381 e. The maximum absolute atomic E-state index is 12.0. The van der Waals surface area contributed by atoms with Crippen LogP contribution in [0.25, 0.3) is 0 Å². The number of hydrogen-bond donors (Lipinski definition) is 2. The van der Waals surface area contributed by atoms with Crippen molar-refractivity contribution < 1.29 is 9.53 Å². The van der Waals surface area contributed by atoms with Crippen LogP contribution >= 0.6 is 12.4 Å². The van der Waals surface area contributed by atoms with E-state index in [-0.39, 0.29) is 35.9 Å². The topological polar surface area (TPSA) is 64.3 Å². The molecule has 0 aromatic heterocycles. The molecular weight excluding hydrogens is 240 g/mol. The van der Waals surface area contributed by atoms with Gasteiger partial charge in [-0.3, -0.25) is 4.79 Å². The van der Waals surface area contributed by atoms with Gasteiger partial charge in [0, 0.05) is 18.6 Å². The number of methoxy groups -OCH3 is 1. The summed E-state index contributed by atoms with van der Waals surface area (Å²) in [5.74, 6) is 0.0198. The van der Waals surface area contributed by atoms with Crippen LogP contribution in [0.5, 0.6) is 0 Å². The van der Waals surface area contributed by atoms with E-state index in [9.17, 15) is 4.79 Å². The fourth-order valence-corrected chi connectivity index (χ4v) is 2.62. The molecule has 2 saturated carbocycles. The molecule has 2 unspecified atom stereocenters. The molecule has 100 valence electrons. The van der Waals surface area contributed by atoms with E-state index in [1.54, 1.807) is 7.11 Å². The van der Waals surface area contributed by atoms with Crippen molar-refractivity contribution in [2.45, 2.75) is 57.2 Å². The van der Waals surface area contributed by atoms with Gasteiger partial charge in [0.25, 0.3) is 0 Å². The van der Waals surface area contributed by atoms with Gasteiger partial charge in [-0.05, 0) is 25.7 Å². The molecule has 0 aromatic rings. The Balaban J connectivity index is 0.00000144. The highest BCUT2D eigenvalue weighted by atomic mass is 35.5. The number of nitrogens with two attached hydrogens (primary N) is 1. The van der Waals surface area contributed by atoms with E-state index in [2.05, 4.69) is 19.2 Å². The van der Waals surface area contributed by atoms with Crippen molar-refractivity contribution in [3.05, 3.63) is 0 Å². The van der Waals surface area contributed by atoms with Crippen molar-refractivity contribution in [1.29, 1.82) is 0 Å². The van der Waals surface area contributed by atoms with Crippen molar-refractivity contribution in [3.8, 4) is 0 Å². The molecule has 2 aliphatic carbocycles. The summed E-state index contributed by atoms with van der Waals surface area (Å²) in [4.78, 5) is 12.0. The lowest BCUT2D eigenvalue weighted by molar-refractivity contribution is -0.140. The van der Waals surface area contributed by atoms with Crippen LogP contribution in [0.15, 0.2) is 0 Å². The van der Waals surface area contributed by atoms with E-state index in [0.717, 1.165) is 25.7 Å². The third kappa shape index (κ3) is 2.30. The van der Waals surface area contributed by atoms with Gasteiger partial charge in [-0.15, -0.1) is 12.4 Å². The van der Waals surface area contributed by atoms with E-state index < -0.39 is 5.54 Å². The van der Waals surface area contributed by atoms with Gasteiger partial charge in [0.2, 0.25) is 5.91 Å². The Hall–Kier alpha value is -0.320. The highest BCUT2D eigenvalue weighted by Crippen LogP contribution is 2.43. The normalized spacial score (nSPS) is 32.7. The highest BCUT2D eigenvalue weighted by molar-refractivity contribution is 5.87. The van der Waals surface area contributed by atoms with Gasteiger partial charge >= 0.3 is 0 Å². The minimum Gasteiger partial charge on any atom is -0.381 e. The summed E-state index contributed by atoms with van der Waals surface area (Å²) in [5, 5.41) is 3.07. The van der Waals surface area contributed by atoms with Crippen LogP contribution in [0.1, 0.15) is 39.5 Å². The molecule has 5 heteroatoms. The maximum Gasteiger partial charge on any atom is 0.240 e. The zero-order chi connectivity index (χ0) is 12.0. The van der Waals surface area contributed by atoms with Crippen molar-refractivity contribution in [2.75, 3.05) is 7.11 Å². The van der Waals surface area contributed by atoms with E-state index in [1.807, 2.05) is 0 Å². The number of carbonyl (C=O) groups is 1. The van der Waals surface area contributed by atoms with Gasteiger partial charge in [-0.1, -0.05) is 13.8 Å². The van der Waals surface area contributed by atoms with E-state index in [1.165, 1.54) is 0 Å². The van der Waals surface area contributed by atoms with Crippen LogP contribution in [-0.4, -0.2) is 30.7 Å². The Labute approximate surface area is 109 Å². The van der Waals surface area contributed by atoms with Gasteiger partial charge in [0.1, 0.15) is 0 Å². The minimum atomic E-state index is -0.589. The number of ether oxygens (including phenoxy) is 1. The molecule has 0 radical (unpaired) electrons.